The Bertz CT molecular complexity index is 1280. The Labute approximate surface area is 219 Å². The second-order valence-electron chi connectivity index (χ2n) is 7.73. The lowest BCUT2D eigenvalue weighted by Gasteiger charge is -2.23. The van der Waals surface area contributed by atoms with E-state index in [9.17, 15) is 18.0 Å². The first kappa shape index (κ1) is 28.7. The molecular formula is C25H21ClF5N3O4. The van der Waals surface area contributed by atoms with Crippen LogP contribution in [0, 0.1) is 17.0 Å². The normalized spacial score (nSPS) is 12.1. The van der Waals surface area contributed by atoms with E-state index in [0.717, 1.165) is 24.3 Å². The molecule has 3 rings (SSSR count). The third kappa shape index (κ3) is 7.56. The first-order chi connectivity index (χ1) is 17.9. The Morgan fingerprint density at radius 2 is 1.63 bits per heavy atom. The number of rotatable bonds is 10. The Morgan fingerprint density at radius 3 is 2.18 bits per heavy atom. The molecule has 0 aromatic heterocycles. The Kier molecular flexibility index (Phi) is 9.13. The number of halogens is 6. The number of carbonyl (C=O) groups excluding carboxylic acids is 1. The van der Waals surface area contributed by atoms with Crippen LogP contribution in [0.4, 0.5) is 22.0 Å². The minimum Gasteiger partial charge on any atom is -0.457 e. The zero-order valence-corrected chi connectivity index (χ0v) is 20.4. The highest BCUT2D eigenvalue weighted by molar-refractivity contribution is 6.21. The van der Waals surface area contributed by atoms with Crippen LogP contribution < -0.4 is 15.2 Å². The molecule has 3 N–H and O–H groups in total. The van der Waals surface area contributed by atoms with Crippen LogP contribution in [0.3, 0.4) is 0 Å². The summed E-state index contributed by atoms with van der Waals surface area (Å²) >= 11 is 6.13. The van der Waals surface area contributed by atoms with E-state index in [0.29, 0.717) is 15.5 Å². The molecule has 0 heterocycles. The van der Waals surface area contributed by atoms with Crippen LogP contribution in [0.1, 0.15) is 29.7 Å². The summed E-state index contributed by atoms with van der Waals surface area (Å²) in [6.45, 7) is 1.28. The van der Waals surface area contributed by atoms with Gasteiger partial charge in [-0.2, -0.15) is 0 Å². The number of hydrogen-bond donors (Lipinski definition) is 2. The first-order valence-corrected chi connectivity index (χ1v) is 11.3. The Morgan fingerprint density at radius 1 is 1.03 bits per heavy atom. The molecule has 0 saturated heterocycles. The average Bonchev–Trinajstić information content (AvgIpc) is 2.82. The van der Waals surface area contributed by atoms with E-state index >= 15 is 8.78 Å². The van der Waals surface area contributed by atoms with Crippen molar-refractivity contribution >= 4 is 23.5 Å². The zero-order chi connectivity index (χ0) is 28.0. The third-order valence-corrected chi connectivity index (χ3v) is 5.26. The maximum Gasteiger partial charge on any atom is 0.573 e. The standard InChI is InChI=1S/C25H21ClF5N3O4/c1-2-36-22(24(35)34(26)13-14-6-8-15(9-7-14)23(32)33)21-19(27)11-18(12-20(21)28)37-16-4-3-5-17(10-16)38-25(29,30)31/h3-12,22H,2,13H2,1H3,(H3,32,33). The molecule has 3 aromatic carbocycles. The zero-order valence-electron chi connectivity index (χ0n) is 19.7. The fourth-order valence-corrected chi connectivity index (χ4v) is 3.57. The molecule has 7 nitrogen and oxygen atoms in total. The van der Waals surface area contributed by atoms with Crippen LogP contribution >= 0.6 is 11.8 Å². The monoisotopic (exact) mass is 557 g/mol. The summed E-state index contributed by atoms with van der Waals surface area (Å²) in [7, 11) is 0. The number of amides is 1. The van der Waals surface area contributed by atoms with Crippen LogP contribution in [-0.4, -0.2) is 29.1 Å². The number of benzene rings is 3. The molecule has 0 radical (unpaired) electrons. The number of nitrogens with two attached hydrogens (primary N) is 1. The van der Waals surface area contributed by atoms with E-state index in [1.807, 2.05) is 0 Å². The summed E-state index contributed by atoms with van der Waals surface area (Å²) in [5.41, 5.74) is 5.69. The van der Waals surface area contributed by atoms with Gasteiger partial charge in [-0.15, -0.1) is 13.2 Å². The van der Waals surface area contributed by atoms with Crippen LogP contribution in [-0.2, 0) is 16.1 Å². The molecule has 1 unspecified atom stereocenters. The van der Waals surface area contributed by atoms with Crippen molar-refractivity contribution in [3.8, 4) is 17.2 Å². The van der Waals surface area contributed by atoms with E-state index < -0.39 is 41.3 Å². The van der Waals surface area contributed by atoms with Gasteiger partial charge >= 0.3 is 6.36 Å². The number of nitrogens with zero attached hydrogens (tertiary/aromatic N) is 1. The third-order valence-electron chi connectivity index (χ3n) is 4.97. The summed E-state index contributed by atoms with van der Waals surface area (Å²) in [5, 5.41) is 7.42. The maximum atomic E-state index is 15.0. The van der Waals surface area contributed by atoms with Gasteiger partial charge in [0.2, 0.25) is 0 Å². The summed E-state index contributed by atoms with van der Waals surface area (Å²) in [6.07, 6.45) is -6.68. The summed E-state index contributed by atoms with van der Waals surface area (Å²) in [4.78, 5) is 13.0. The minimum absolute atomic E-state index is 0.0857. The van der Waals surface area contributed by atoms with Crippen LogP contribution in [0.5, 0.6) is 17.2 Å². The molecule has 38 heavy (non-hydrogen) atoms. The second kappa shape index (κ2) is 12.1. The molecule has 0 spiro atoms. The molecule has 1 atom stereocenters. The Balaban J connectivity index is 1.81. The van der Waals surface area contributed by atoms with Crippen LogP contribution in [0.15, 0.2) is 60.7 Å². The number of alkyl halides is 3. The quantitative estimate of drug-likeness (QED) is 0.134. The van der Waals surface area contributed by atoms with Crippen molar-refractivity contribution in [2.45, 2.75) is 25.9 Å². The maximum absolute atomic E-state index is 15.0. The number of hydrogen-bond acceptors (Lipinski definition) is 5. The van der Waals surface area contributed by atoms with Crippen molar-refractivity contribution in [3.63, 3.8) is 0 Å². The highest BCUT2D eigenvalue weighted by Crippen LogP contribution is 2.33. The SMILES string of the molecule is CCOC(C(=O)N(Cl)Cc1ccc(C(=N)N)cc1)c1c(F)cc(Oc2cccc(OC(F)(F)F)c2)cc1F. The largest absolute Gasteiger partial charge is 0.573 e. The van der Waals surface area contributed by atoms with Gasteiger partial charge in [-0.1, -0.05) is 30.3 Å². The van der Waals surface area contributed by atoms with Gasteiger partial charge in [-0.05, 0) is 24.6 Å². The van der Waals surface area contributed by atoms with Gasteiger partial charge in [0, 0.05) is 42.1 Å². The lowest BCUT2D eigenvalue weighted by atomic mass is 10.1. The van der Waals surface area contributed by atoms with Crippen molar-refractivity contribution in [2.24, 2.45) is 5.73 Å². The fraction of sp³-hybridized carbons (Fsp3) is 0.200. The molecule has 0 saturated carbocycles. The van der Waals surface area contributed by atoms with Gasteiger partial charge in [0.25, 0.3) is 5.91 Å². The van der Waals surface area contributed by atoms with Gasteiger partial charge in [0.1, 0.15) is 34.7 Å². The number of nitrogens with one attached hydrogen (secondary N) is 1. The number of ether oxygens (including phenoxy) is 3. The van der Waals surface area contributed by atoms with Crippen LogP contribution in [0.25, 0.3) is 0 Å². The van der Waals surface area contributed by atoms with Gasteiger partial charge in [0.15, 0.2) is 6.10 Å². The lowest BCUT2D eigenvalue weighted by molar-refractivity contribution is -0.274. The first-order valence-electron chi connectivity index (χ1n) is 10.9. The molecule has 0 aliphatic carbocycles. The average molecular weight is 558 g/mol. The highest BCUT2D eigenvalue weighted by atomic mass is 35.5. The van der Waals surface area contributed by atoms with Crippen LogP contribution in [0.2, 0.25) is 0 Å². The minimum atomic E-state index is -4.94. The Hall–Kier alpha value is -3.90. The second-order valence-corrected chi connectivity index (χ2v) is 8.14. The highest BCUT2D eigenvalue weighted by Gasteiger charge is 2.33. The van der Waals surface area contributed by atoms with E-state index in [4.69, 9.17) is 32.4 Å². The van der Waals surface area contributed by atoms with Crippen molar-refractivity contribution in [3.05, 3.63) is 89.0 Å². The number of carbonyl (C=O) groups is 1. The molecule has 1 amide bonds. The van der Waals surface area contributed by atoms with Crippen molar-refractivity contribution in [1.29, 1.82) is 5.41 Å². The predicted molar refractivity (Wildman–Crippen MR) is 128 cm³/mol. The fourth-order valence-electron chi connectivity index (χ4n) is 3.34. The van der Waals surface area contributed by atoms with E-state index in [-0.39, 0.29) is 30.5 Å². The molecule has 3 aromatic rings. The smallest absolute Gasteiger partial charge is 0.457 e. The lowest BCUT2D eigenvalue weighted by Crippen LogP contribution is -2.30. The van der Waals surface area contributed by atoms with Crippen molar-refractivity contribution < 1.29 is 41.0 Å². The van der Waals surface area contributed by atoms with Crippen molar-refractivity contribution in [2.75, 3.05) is 6.61 Å². The van der Waals surface area contributed by atoms with Crippen molar-refractivity contribution in [1.82, 2.24) is 4.42 Å². The van der Waals surface area contributed by atoms with E-state index in [1.54, 1.807) is 24.3 Å². The molecular weight excluding hydrogens is 537 g/mol. The molecule has 0 fully saturated rings. The van der Waals surface area contributed by atoms with Gasteiger partial charge in [-0.3, -0.25) is 10.2 Å². The number of amidine groups is 1. The summed E-state index contributed by atoms with van der Waals surface area (Å²) in [6, 6.07) is 12.1. The summed E-state index contributed by atoms with van der Waals surface area (Å²) in [5.74, 6) is -4.66. The topological polar surface area (TPSA) is 97.9 Å². The number of nitrogen functional groups attached to an aromatic ring is 1. The predicted octanol–water partition coefficient (Wildman–Crippen LogP) is 6.20. The molecule has 0 aliphatic heterocycles. The van der Waals surface area contributed by atoms with E-state index in [2.05, 4.69) is 4.74 Å². The van der Waals surface area contributed by atoms with Gasteiger partial charge < -0.3 is 19.9 Å². The van der Waals surface area contributed by atoms with Gasteiger partial charge in [-0.25, -0.2) is 13.2 Å². The molecule has 0 bridgehead atoms. The molecule has 0 aliphatic rings. The van der Waals surface area contributed by atoms with E-state index in [1.165, 1.54) is 19.1 Å². The summed E-state index contributed by atoms with van der Waals surface area (Å²) < 4.78 is 82.5. The van der Waals surface area contributed by atoms with Gasteiger partial charge in [0.05, 0.1) is 12.1 Å². The molecule has 13 heteroatoms. The molecule has 202 valence electrons.